The molecule has 1 aliphatic heterocycles. The van der Waals surface area contributed by atoms with Gasteiger partial charge < -0.3 is 19.4 Å². The summed E-state index contributed by atoms with van der Waals surface area (Å²) in [5, 5.41) is 2.87. The van der Waals surface area contributed by atoms with Crippen LogP contribution in [0.2, 0.25) is 0 Å². The van der Waals surface area contributed by atoms with Crippen molar-refractivity contribution in [2.75, 3.05) is 38.2 Å². The van der Waals surface area contributed by atoms with Gasteiger partial charge >= 0.3 is 0 Å². The Morgan fingerprint density at radius 1 is 1.00 bits per heavy atom. The second-order valence-electron chi connectivity index (χ2n) is 7.39. The number of hydrogen-bond acceptors (Lipinski definition) is 5. The molecule has 6 heteroatoms. The molecule has 0 spiro atoms. The van der Waals surface area contributed by atoms with Gasteiger partial charge in [0.15, 0.2) is 0 Å². The summed E-state index contributed by atoms with van der Waals surface area (Å²) >= 11 is 0. The SMILES string of the molecule is COc1ccccc1N1CCN(Cc2ccc(C(=O)NCc3ccco3)cc2)CC1. The molecule has 0 bridgehead atoms. The second kappa shape index (κ2) is 9.50. The molecule has 0 radical (unpaired) electrons. The van der Waals surface area contributed by atoms with Crippen molar-refractivity contribution in [3.8, 4) is 5.75 Å². The summed E-state index contributed by atoms with van der Waals surface area (Å²) in [6.45, 7) is 5.19. The lowest BCUT2D eigenvalue weighted by molar-refractivity contribution is 0.0948. The summed E-state index contributed by atoms with van der Waals surface area (Å²) in [7, 11) is 1.72. The van der Waals surface area contributed by atoms with Gasteiger partial charge in [0, 0.05) is 38.3 Å². The number of furan rings is 1. The largest absolute Gasteiger partial charge is 0.495 e. The minimum absolute atomic E-state index is 0.0941. The van der Waals surface area contributed by atoms with Crippen LogP contribution in [0.3, 0.4) is 0 Å². The lowest BCUT2D eigenvalue weighted by Gasteiger charge is -2.36. The number of amides is 1. The molecule has 4 rings (SSSR count). The van der Waals surface area contributed by atoms with E-state index in [4.69, 9.17) is 9.15 Å². The summed E-state index contributed by atoms with van der Waals surface area (Å²) in [4.78, 5) is 17.1. The second-order valence-corrected chi connectivity index (χ2v) is 7.39. The Balaban J connectivity index is 1.27. The van der Waals surface area contributed by atoms with Crippen LogP contribution < -0.4 is 15.0 Å². The van der Waals surface area contributed by atoms with Crippen molar-refractivity contribution in [2.45, 2.75) is 13.1 Å². The number of carbonyl (C=O) groups excluding carboxylic acids is 1. The summed E-state index contributed by atoms with van der Waals surface area (Å²) in [6.07, 6.45) is 1.60. The van der Waals surface area contributed by atoms with E-state index in [1.807, 2.05) is 48.5 Å². The number of para-hydroxylation sites is 2. The van der Waals surface area contributed by atoms with Gasteiger partial charge in [0.2, 0.25) is 0 Å². The van der Waals surface area contributed by atoms with Gasteiger partial charge in [-0.1, -0.05) is 24.3 Å². The van der Waals surface area contributed by atoms with Crippen LogP contribution >= 0.6 is 0 Å². The summed E-state index contributed by atoms with van der Waals surface area (Å²) in [5.74, 6) is 1.57. The summed E-state index contributed by atoms with van der Waals surface area (Å²) in [5.41, 5.74) is 3.03. The number of nitrogens with one attached hydrogen (secondary N) is 1. The molecule has 1 N–H and O–H groups in total. The third-order valence-electron chi connectivity index (χ3n) is 5.42. The average Bonchev–Trinajstić information content (AvgIpc) is 3.32. The van der Waals surface area contributed by atoms with E-state index in [0.717, 1.165) is 49.9 Å². The lowest BCUT2D eigenvalue weighted by atomic mass is 10.1. The predicted octanol–water partition coefficient (Wildman–Crippen LogP) is 3.54. The number of benzene rings is 2. The van der Waals surface area contributed by atoms with Crippen LogP contribution in [0.5, 0.6) is 5.75 Å². The first-order valence-electron chi connectivity index (χ1n) is 10.2. The monoisotopic (exact) mass is 405 g/mol. The molecule has 6 nitrogen and oxygen atoms in total. The molecule has 30 heavy (non-hydrogen) atoms. The van der Waals surface area contributed by atoms with E-state index >= 15 is 0 Å². The smallest absolute Gasteiger partial charge is 0.251 e. The predicted molar refractivity (Wildman–Crippen MR) is 117 cm³/mol. The van der Waals surface area contributed by atoms with Crippen molar-refractivity contribution in [3.63, 3.8) is 0 Å². The fraction of sp³-hybridized carbons (Fsp3) is 0.292. The van der Waals surface area contributed by atoms with Gasteiger partial charge in [0.05, 0.1) is 25.6 Å². The van der Waals surface area contributed by atoms with Gasteiger partial charge in [-0.15, -0.1) is 0 Å². The van der Waals surface area contributed by atoms with Gasteiger partial charge in [-0.3, -0.25) is 9.69 Å². The van der Waals surface area contributed by atoms with Crippen molar-refractivity contribution >= 4 is 11.6 Å². The van der Waals surface area contributed by atoms with E-state index in [1.54, 1.807) is 13.4 Å². The fourth-order valence-corrected chi connectivity index (χ4v) is 3.74. The first kappa shape index (κ1) is 20.0. The van der Waals surface area contributed by atoms with Crippen LogP contribution in [0, 0.1) is 0 Å². The molecule has 0 aliphatic carbocycles. The molecule has 1 fully saturated rings. The summed E-state index contributed by atoms with van der Waals surface area (Å²) in [6, 6.07) is 19.7. The summed E-state index contributed by atoms with van der Waals surface area (Å²) < 4.78 is 10.7. The Kier molecular flexibility index (Phi) is 6.35. The number of methoxy groups -OCH3 is 1. The van der Waals surface area contributed by atoms with E-state index in [-0.39, 0.29) is 5.91 Å². The van der Waals surface area contributed by atoms with E-state index in [1.165, 1.54) is 5.56 Å². The Bertz CT molecular complexity index is 946. The van der Waals surface area contributed by atoms with Crippen molar-refractivity contribution in [2.24, 2.45) is 0 Å². The Morgan fingerprint density at radius 3 is 2.47 bits per heavy atom. The number of ether oxygens (including phenoxy) is 1. The molecule has 1 aliphatic rings. The number of hydrogen-bond donors (Lipinski definition) is 1. The molecule has 156 valence electrons. The molecular formula is C24H27N3O3. The van der Waals surface area contributed by atoms with Crippen LogP contribution in [-0.4, -0.2) is 44.1 Å². The van der Waals surface area contributed by atoms with Crippen LogP contribution in [0.4, 0.5) is 5.69 Å². The molecule has 0 unspecified atom stereocenters. The van der Waals surface area contributed by atoms with E-state index < -0.39 is 0 Å². The van der Waals surface area contributed by atoms with Crippen LogP contribution in [0.15, 0.2) is 71.3 Å². The molecular weight excluding hydrogens is 378 g/mol. The highest BCUT2D eigenvalue weighted by Gasteiger charge is 2.19. The van der Waals surface area contributed by atoms with Gasteiger partial charge in [-0.05, 0) is 42.0 Å². The number of anilines is 1. The number of nitrogens with zero attached hydrogens (tertiary/aromatic N) is 2. The molecule has 0 atom stereocenters. The Hall–Kier alpha value is -3.25. The number of rotatable bonds is 7. The molecule has 1 saturated heterocycles. The maximum absolute atomic E-state index is 12.3. The van der Waals surface area contributed by atoms with E-state index in [0.29, 0.717) is 12.1 Å². The van der Waals surface area contributed by atoms with E-state index in [2.05, 4.69) is 27.2 Å². The lowest BCUT2D eigenvalue weighted by Crippen LogP contribution is -2.46. The molecule has 0 saturated carbocycles. The minimum Gasteiger partial charge on any atom is -0.495 e. The van der Waals surface area contributed by atoms with Crippen molar-refractivity contribution in [1.82, 2.24) is 10.2 Å². The Morgan fingerprint density at radius 2 is 1.77 bits per heavy atom. The van der Waals surface area contributed by atoms with E-state index in [9.17, 15) is 4.79 Å². The fourth-order valence-electron chi connectivity index (χ4n) is 3.74. The van der Waals surface area contributed by atoms with Gasteiger partial charge in [0.25, 0.3) is 5.91 Å². The highest BCUT2D eigenvalue weighted by molar-refractivity contribution is 5.94. The molecule has 3 aromatic rings. The number of piperazine rings is 1. The zero-order chi connectivity index (χ0) is 20.8. The van der Waals surface area contributed by atoms with Gasteiger partial charge in [-0.2, -0.15) is 0 Å². The molecule has 1 aromatic heterocycles. The highest BCUT2D eigenvalue weighted by atomic mass is 16.5. The Labute approximate surface area is 177 Å². The van der Waals surface area contributed by atoms with Crippen molar-refractivity contribution in [1.29, 1.82) is 0 Å². The molecule has 2 aromatic carbocycles. The molecule has 1 amide bonds. The maximum atomic E-state index is 12.3. The van der Waals surface area contributed by atoms with Crippen molar-refractivity contribution in [3.05, 3.63) is 83.8 Å². The topological polar surface area (TPSA) is 58.0 Å². The quantitative estimate of drug-likeness (QED) is 0.652. The average molecular weight is 405 g/mol. The van der Waals surface area contributed by atoms with Crippen molar-refractivity contribution < 1.29 is 13.9 Å². The highest BCUT2D eigenvalue weighted by Crippen LogP contribution is 2.28. The number of carbonyl (C=O) groups is 1. The first-order chi connectivity index (χ1) is 14.7. The molecule has 2 heterocycles. The minimum atomic E-state index is -0.0941. The first-order valence-corrected chi connectivity index (χ1v) is 10.2. The maximum Gasteiger partial charge on any atom is 0.251 e. The van der Waals surface area contributed by atoms with Crippen LogP contribution in [-0.2, 0) is 13.1 Å². The zero-order valence-corrected chi connectivity index (χ0v) is 17.2. The normalized spacial score (nSPS) is 14.5. The van der Waals surface area contributed by atoms with Gasteiger partial charge in [-0.25, -0.2) is 0 Å². The standard InChI is InChI=1S/C24H27N3O3/c1-29-23-7-3-2-6-22(23)27-14-12-26(13-15-27)18-19-8-10-20(11-9-19)24(28)25-17-21-5-4-16-30-21/h2-11,16H,12-15,17-18H2,1H3,(H,25,28). The van der Waals surface area contributed by atoms with Crippen LogP contribution in [0.25, 0.3) is 0 Å². The third-order valence-corrected chi connectivity index (χ3v) is 5.42. The van der Waals surface area contributed by atoms with Gasteiger partial charge in [0.1, 0.15) is 11.5 Å². The van der Waals surface area contributed by atoms with Crippen LogP contribution in [0.1, 0.15) is 21.7 Å². The zero-order valence-electron chi connectivity index (χ0n) is 17.2. The third kappa shape index (κ3) is 4.83.